The second kappa shape index (κ2) is 10.0. The van der Waals surface area contributed by atoms with Gasteiger partial charge in [-0.25, -0.2) is 0 Å². The van der Waals surface area contributed by atoms with E-state index in [0.717, 1.165) is 6.42 Å². The minimum Gasteiger partial charge on any atom is -0.395 e. The molecular weight excluding hydrogens is 303 g/mol. The molecule has 0 aliphatic rings. The summed E-state index contributed by atoms with van der Waals surface area (Å²) in [5.74, 6) is 2.56. The first-order valence-corrected chi connectivity index (χ1v) is 9.91. The molecule has 0 spiro atoms. The second-order valence-corrected chi connectivity index (χ2v) is 8.72. The molecule has 21 heavy (non-hydrogen) atoms. The fourth-order valence-electron chi connectivity index (χ4n) is 2.67. The third kappa shape index (κ3) is 6.43. The van der Waals surface area contributed by atoms with E-state index in [-0.39, 0.29) is 18.6 Å². The number of nitrogens with zero attached hydrogens (tertiary/aromatic N) is 2. The highest BCUT2D eigenvalue weighted by Gasteiger charge is 2.33. The highest BCUT2D eigenvalue weighted by molar-refractivity contribution is 7.80. The predicted molar refractivity (Wildman–Crippen MR) is 95.3 cm³/mol. The topological polar surface area (TPSA) is 26.7 Å². The molecule has 0 saturated heterocycles. The molecule has 0 radical (unpaired) electrons. The monoisotopic (exact) mass is 334 g/mol. The molecule has 0 aliphatic carbocycles. The molecule has 1 N–H and O–H groups in total. The maximum atomic E-state index is 9.32. The molecule has 0 aromatic heterocycles. The van der Waals surface area contributed by atoms with Crippen LogP contribution in [0.25, 0.3) is 0 Å². The number of halogens is 1. The number of aliphatic hydroxyl groups excluding tert-OH is 1. The van der Waals surface area contributed by atoms with Crippen LogP contribution in [-0.2, 0) is 0 Å². The first kappa shape index (κ1) is 21.2. The quantitative estimate of drug-likeness (QED) is 0.503. The van der Waals surface area contributed by atoms with Crippen molar-refractivity contribution >= 4 is 18.8 Å². The molecule has 0 bridgehead atoms. The summed E-state index contributed by atoms with van der Waals surface area (Å²) >= 11 is 6.87. The minimum atomic E-state index is -0.917. The summed E-state index contributed by atoms with van der Waals surface area (Å²) < 4.78 is 4.70. The fraction of sp³-hybridized carbons (Fsp3) is 0.875. The summed E-state index contributed by atoms with van der Waals surface area (Å²) in [6.07, 6.45) is 6.24. The summed E-state index contributed by atoms with van der Waals surface area (Å²) in [5.41, 5.74) is 0. The van der Waals surface area contributed by atoms with Crippen molar-refractivity contribution in [3.05, 3.63) is 0 Å². The van der Waals surface area contributed by atoms with E-state index in [1.807, 2.05) is 0 Å². The molecular formula is C16H32ClN2OP. The van der Waals surface area contributed by atoms with Crippen molar-refractivity contribution in [2.24, 2.45) is 5.92 Å². The maximum Gasteiger partial charge on any atom is 0.141 e. The van der Waals surface area contributed by atoms with Crippen LogP contribution in [0.1, 0.15) is 54.9 Å². The zero-order chi connectivity index (χ0) is 16.7. The van der Waals surface area contributed by atoms with E-state index in [2.05, 4.69) is 63.7 Å². The van der Waals surface area contributed by atoms with Crippen LogP contribution in [0.15, 0.2) is 0 Å². The van der Waals surface area contributed by atoms with Crippen LogP contribution in [0, 0.1) is 18.3 Å². The number of aliphatic hydroxyl groups is 1. The van der Waals surface area contributed by atoms with Crippen LogP contribution in [-0.4, -0.2) is 45.2 Å². The van der Waals surface area contributed by atoms with Crippen molar-refractivity contribution in [2.45, 2.75) is 79.1 Å². The Morgan fingerprint density at radius 2 is 1.43 bits per heavy atom. The van der Waals surface area contributed by atoms with Gasteiger partial charge >= 0.3 is 0 Å². The number of hydrogen-bond donors (Lipinski definition) is 1. The van der Waals surface area contributed by atoms with Gasteiger partial charge in [0.05, 0.1) is 6.61 Å². The Labute approximate surface area is 137 Å². The Balaban J connectivity index is 5.16. The summed E-state index contributed by atoms with van der Waals surface area (Å²) in [6.45, 7) is 15.2. The zero-order valence-corrected chi connectivity index (χ0v) is 16.2. The molecule has 0 saturated carbocycles. The average molecular weight is 335 g/mol. The Bertz CT molecular complexity index is 323. The maximum absolute atomic E-state index is 9.32. The molecule has 0 aromatic carbocycles. The lowest BCUT2D eigenvalue weighted by Gasteiger charge is -2.44. The second-order valence-electron chi connectivity index (χ2n) is 6.41. The Hall–Kier alpha value is 0.160. The van der Waals surface area contributed by atoms with Gasteiger partial charge in [-0.1, -0.05) is 11.2 Å². The SMILES string of the molecule is C#CC(CO)CC(C)N(C(C)C)P(Cl)N(C(C)C)C(C)C. The van der Waals surface area contributed by atoms with Crippen LogP contribution in [0.5, 0.6) is 0 Å². The van der Waals surface area contributed by atoms with E-state index in [9.17, 15) is 5.11 Å². The Kier molecular flexibility index (Phi) is 10.1. The highest BCUT2D eigenvalue weighted by Crippen LogP contribution is 2.54. The van der Waals surface area contributed by atoms with Crippen LogP contribution < -0.4 is 0 Å². The number of rotatable bonds is 9. The molecule has 124 valence electrons. The van der Waals surface area contributed by atoms with Crippen molar-refractivity contribution in [1.29, 1.82) is 0 Å². The van der Waals surface area contributed by atoms with E-state index in [0.29, 0.717) is 18.1 Å². The van der Waals surface area contributed by atoms with Gasteiger partial charge in [0, 0.05) is 30.1 Å². The first-order chi connectivity index (χ1) is 9.67. The smallest absolute Gasteiger partial charge is 0.141 e. The molecule has 3 atom stereocenters. The minimum absolute atomic E-state index is 0.0328. The Morgan fingerprint density at radius 3 is 1.71 bits per heavy atom. The predicted octanol–water partition coefficient (Wildman–Crippen LogP) is 4.30. The number of terminal acetylenes is 1. The summed E-state index contributed by atoms with van der Waals surface area (Å²) in [4.78, 5) is 0. The fourth-order valence-corrected chi connectivity index (χ4v) is 6.49. The van der Waals surface area contributed by atoms with E-state index in [4.69, 9.17) is 17.7 Å². The van der Waals surface area contributed by atoms with Gasteiger partial charge in [0.15, 0.2) is 0 Å². The lowest BCUT2D eigenvalue weighted by Crippen LogP contribution is -2.42. The van der Waals surface area contributed by atoms with Gasteiger partial charge in [0.25, 0.3) is 0 Å². The van der Waals surface area contributed by atoms with E-state index in [1.54, 1.807) is 0 Å². The molecule has 5 heteroatoms. The van der Waals surface area contributed by atoms with E-state index < -0.39 is 7.58 Å². The molecule has 0 fully saturated rings. The largest absolute Gasteiger partial charge is 0.395 e. The standard InChI is InChI=1S/C16H32ClN2OP/c1-9-16(11-20)10-15(8)19(14(6)7)21(17)18(12(2)3)13(4)5/h1,12-16,20H,10-11H2,2-8H3. The van der Waals surface area contributed by atoms with Crippen LogP contribution in [0.2, 0.25) is 0 Å². The third-order valence-electron chi connectivity index (χ3n) is 3.50. The highest BCUT2D eigenvalue weighted by atomic mass is 35.7. The summed E-state index contributed by atoms with van der Waals surface area (Å²) in [7, 11) is -0.917. The van der Waals surface area contributed by atoms with Gasteiger partial charge in [-0.2, -0.15) is 0 Å². The van der Waals surface area contributed by atoms with E-state index in [1.165, 1.54) is 0 Å². The van der Waals surface area contributed by atoms with Crippen molar-refractivity contribution in [2.75, 3.05) is 6.61 Å². The molecule has 0 heterocycles. The summed E-state index contributed by atoms with van der Waals surface area (Å²) in [6, 6.07) is 1.36. The number of hydrogen-bond acceptors (Lipinski definition) is 3. The van der Waals surface area contributed by atoms with Gasteiger partial charge in [-0.05, 0) is 54.9 Å². The lowest BCUT2D eigenvalue weighted by molar-refractivity contribution is 0.202. The third-order valence-corrected chi connectivity index (χ3v) is 7.09. The van der Waals surface area contributed by atoms with Crippen molar-refractivity contribution in [1.82, 2.24) is 9.34 Å². The van der Waals surface area contributed by atoms with Gasteiger partial charge in [0.1, 0.15) is 7.58 Å². The van der Waals surface area contributed by atoms with Gasteiger partial charge < -0.3 is 5.11 Å². The summed E-state index contributed by atoms with van der Waals surface area (Å²) in [5, 5.41) is 9.32. The first-order valence-electron chi connectivity index (χ1n) is 7.76. The molecule has 3 nitrogen and oxygen atoms in total. The Morgan fingerprint density at radius 1 is 1.00 bits per heavy atom. The van der Waals surface area contributed by atoms with Crippen molar-refractivity contribution < 1.29 is 5.11 Å². The van der Waals surface area contributed by atoms with Crippen molar-refractivity contribution in [3.8, 4) is 12.3 Å². The zero-order valence-electron chi connectivity index (χ0n) is 14.5. The average Bonchev–Trinajstić information content (AvgIpc) is 2.34. The van der Waals surface area contributed by atoms with Crippen LogP contribution >= 0.6 is 18.8 Å². The lowest BCUT2D eigenvalue weighted by atomic mass is 10.0. The molecule has 0 aromatic rings. The molecule has 0 amide bonds. The van der Waals surface area contributed by atoms with E-state index >= 15 is 0 Å². The van der Waals surface area contributed by atoms with Crippen LogP contribution in [0.4, 0.5) is 0 Å². The van der Waals surface area contributed by atoms with Crippen LogP contribution in [0.3, 0.4) is 0 Å². The molecule has 0 rings (SSSR count). The normalized spacial score (nSPS) is 16.8. The van der Waals surface area contributed by atoms with Gasteiger partial charge in [-0.15, -0.1) is 12.3 Å². The molecule has 3 unspecified atom stereocenters. The van der Waals surface area contributed by atoms with Gasteiger partial charge in [0.2, 0.25) is 0 Å². The van der Waals surface area contributed by atoms with Crippen molar-refractivity contribution in [3.63, 3.8) is 0 Å². The van der Waals surface area contributed by atoms with Gasteiger partial charge in [-0.3, -0.25) is 9.34 Å². The molecule has 0 aliphatic heterocycles.